The fraction of sp³-hybridized carbons (Fsp3) is 0.538. The van der Waals surface area contributed by atoms with E-state index in [1.165, 1.54) is 5.56 Å². The van der Waals surface area contributed by atoms with Crippen LogP contribution in [0, 0.1) is 0 Å². The Morgan fingerprint density at radius 1 is 1.38 bits per heavy atom. The highest BCUT2D eigenvalue weighted by Crippen LogP contribution is 2.17. The van der Waals surface area contributed by atoms with Crippen LogP contribution >= 0.6 is 11.6 Å². The van der Waals surface area contributed by atoms with Crippen LogP contribution in [0.4, 0.5) is 0 Å². The number of likely N-dealkylation sites (N-methyl/N-ethyl adjacent to an activating group) is 2. The molecule has 0 aliphatic carbocycles. The number of nitrogens with zero attached hydrogens (tertiary/aromatic N) is 1. The maximum atomic E-state index is 6.15. The van der Waals surface area contributed by atoms with Gasteiger partial charge in [-0.15, -0.1) is 0 Å². The summed E-state index contributed by atoms with van der Waals surface area (Å²) in [4.78, 5) is 2.34. The van der Waals surface area contributed by atoms with E-state index in [1.54, 1.807) is 0 Å². The molecule has 1 aromatic rings. The zero-order chi connectivity index (χ0) is 12.0. The minimum absolute atomic E-state index is 0.557. The van der Waals surface area contributed by atoms with Crippen molar-refractivity contribution < 1.29 is 0 Å². The summed E-state index contributed by atoms with van der Waals surface area (Å²) in [5, 5.41) is 4.08. The monoisotopic (exact) mass is 240 g/mol. The molecule has 1 unspecified atom stereocenters. The summed E-state index contributed by atoms with van der Waals surface area (Å²) in [5.41, 5.74) is 1.20. The van der Waals surface area contributed by atoms with Gasteiger partial charge >= 0.3 is 0 Å². The van der Waals surface area contributed by atoms with Gasteiger partial charge < -0.3 is 5.32 Å². The molecule has 0 aliphatic heterocycles. The Morgan fingerprint density at radius 3 is 2.62 bits per heavy atom. The number of halogens is 1. The van der Waals surface area contributed by atoms with Crippen LogP contribution in [0.15, 0.2) is 24.3 Å². The topological polar surface area (TPSA) is 15.3 Å². The van der Waals surface area contributed by atoms with Crippen molar-refractivity contribution in [3.8, 4) is 0 Å². The average Bonchev–Trinajstić information content (AvgIpc) is 2.29. The van der Waals surface area contributed by atoms with Crippen LogP contribution in [0.1, 0.15) is 18.9 Å². The van der Waals surface area contributed by atoms with Gasteiger partial charge in [0.25, 0.3) is 0 Å². The molecule has 0 heterocycles. The second-order valence-corrected chi connectivity index (χ2v) is 4.53. The van der Waals surface area contributed by atoms with Gasteiger partial charge in [-0.2, -0.15) is 0 Å². The molecule has 0 aromatic heterocycles. The fourth-order valence-electron chi connectivity index (χ4n) is 1.87. The molecule has 90 valence electrons. The summed E-state index contributed by atoms with van der Waals surface area (Å²) in [7, 11) is 4.14. The van der Waals surface area contributed by atoms with E-state index in [9.17, 15) is 0 Å². The first kappa shape index (κ1) is 13.5. The number of rotatable bonds is 6. The van der Waals surface area contributed by atoms with Crippen LogP contribution in [0.3, 0.4) is 0 Å². The van der Waals surface area contributed by atoms with Gasteiger partial charge in [-0.1, -0.05) is 36.7 Å². The zero-order valence-corrected chi connectivity index (χ0v) is 11.1. The van der Waals surface area contributed by atoms with Gasteiger partial charge in [0.1, 0.15) is 0 Å². The fourth-order valence-corrected chi connectivity index (χ4v) is 2.07. The van der Waals surface area contributed by atoms with E-state index in [0.717, 1.165) is 24.5 Å². The van der Waals surface area contributed by atoms with Crippen LogP contribution in [-0.4, -0.2) is 31.6 Å². The van der Waals surface area contributed by atoms with Crippen LogP contribution in [0.25, 0.3) is 0 Å². The van der Waals surface area contributed by atoms with Crippen LogP contribution in [-0.2, 0) is 6.54 Å². The first-order chi connectivity index (χ1) is 7.69. The number of benzene rings is 1. The summed E-state index contributed by atoms with van der Waals surface area (Å²) in [6.45, 7) is 4.13. The van der Waals surface area contributed by atoms with Gasteiger partial charge in [-0.25, -0.2) is 0 Å². The predicted molar refractivity (Wildman–Crippen MR) is 70.9 cm³/mol. The van der Waals surface area contributed by atoms with Crippen molar-refractivity contribution in [1.82, 2.24) is 10.2 Å². The summed E-state index contributed by atoms with van der Waals surface area (Å²) in [6.07, 6.45) is 1.14. The molecule has 2 nitrogen and oxygen atoms in total. The SMILES string of the molecule is CCC(CNC)N(C)Cc1ccccc1Cl. The van der Waals surface area contributed by atoms with Crippen molar-refractivity contribution >= 4 is 11.6 Å². The molecule has 16 heavy (non-hydrogen) atoms. The van der Waals surface area contributed by atoms with Crippen LogP contribution in [0.5, 0.6) is 0 Å². The van der Waals surface area contributed by atoms with E-state index in [0.29, 0.717) is 6.04 Å². The average molecular weight is 241 g/mol. The highest BCUT2D eigenvalue weighted by molar-refractivity contribution is 6.31. The molecule has 3 heteroatoms. The van der Waals surface area contributed by atoms with Gasteiger partial charge in [-0.05, 0) is 32.1 Å². The molecule has 0 bridgehead atoms. The largest absolute Gasteiger partial charge is 0.318 e. The third-order valence-electron chi connectivity index (χ3n) is 2.91. The molecule has 1 rings (SSSR count). The Balaban J connectivity index is 2.62. The second kappa shape index (κ2) is 6.89. The van der Waals surface area contributed by atoms with Gasteiger partial charge in [-0.3, -0.25) is 4.90 Å². The second-order valence-electron chi connectivity index (χ2n) is 4.13. The van der Waals surface area contributed by atoms with Gasteiger partial charge in [0.2, 0.25) is 0 Å². The van der Waals surface area contributed by atoms with Crippen LogP contribution in [0.2, 0.25) is 5.02 Å². The molecule has 0 saturated carbocycles. The molecule has 0 saturated heterocycles. The molecule has 0 aliphatic rings. The Kier molecular flexibility index (Phi) is 5.81. The van der Waals surface area contributed by atoms with Crippen molar-refractivity contribution in [2.24, 2.45) is 0 Å². The Bertz CT molecular complexity index is 315. The Morgan fingerprint density at radius 2 is 2.06 bits per heavy atom. The lowest BCUT2D eigenvalue weighted by atomic mass is 10.1. The minimum Gasteiger partial charge on any atom is -0.318 e. The maximum Gasteiger partial charge on any atom is 0.0451 e. The Hall–Kier alpha value is -0.570. The third kappa shape index (κ3) is 3.78. The van der Waals surface area contributed by atoms with Crippen molar-refractivity contribution in [2.45, 2.75) is 25.9 Å². The van der Waals surface area contributed by atoms with Crippen molar-refractivity contribution in [3.05, 3.63) is 34.9 Å². The van der Waals surface area contributed by atoms with E-state index in [1.807, 2.05) is 25.2 Å². The van der Waals surface area contributed by atoms with E-state index in [4.69, 9.17) is 11.6 Å². The number of hydrogen-bond donors (Lipinski definition) is 1. The lowest BCUT2D eigenvalue weighted by Gasteiger charge is -2.27. The predicted octanol–water partition coefficient (Wildman–Crippen LogP) is 2.77. The lowest BCUT2D eigenvalue weighted by molar-refractivity contribution is 0.224. The van der Waals surface area contributed by atoms with Gasteiger partial charge in [0.05, 0.1) is 0 Å². The van der Waals surface area contributed by atoms with Crippen molar-refractivity contribution in [3.63, 3.8) is 0 Å². The lowest BCUT2D eigenvalue weighted by Crippen LogP contribution is -2.38. The standard InChI is InChI=1S/C13H21ClN2/c1-4-12(9-15-2)16(3)10-11-7-5-6-8-13(11)14/h5-8,12,15H,4,9-10H2,1-3H3. The van der Waals surface area contributed by atoms with E-state index in [2.05, 4.69) is 30.3 Å². The van der Waals surface area contributed by atoms with E-state index >= 15 is 0 Å². The number of hydrogen-bond acceptors (Lipinski definition) is 2. The minimum atomic E-state index is 0.557. The molecule has 0 amide bonds. The first-order valence-corrected chi connectivity index (χ1v) is 6.15. The van der Waals surface area contributed by atoms with Crippen molar-refractivity contribution in [2.75, 3.05) is 20.6 Å². The molecule has 0 spiro atoms. The summed E-state index contributed by atoms with van der Waals surface area (Å²) >= 11 is 6.15. The normalized spacial score (nSPS) is 13.1. The summed E-state index contributed by atoms with van der Waals surface area (Å²) in [6, 6.07) is 8.60. The molecule has 0 radical (unpaired) electrons. The third-order valence-corrected chi connectivity index (χ3v) is 3.28. The van der Waals surface area contributed by atoms with Crippen LogP contribution < -0.4 is 5.32 Å². The van der Waals surface area contributed by atoms with E-state index in [-0.39, 0.29) is 0 Å². The number of nitrogens with one attached hydrogen (secondary N) is 1. The molecular weight excluding hydrogens is 220 g/mol. The smallest absolute Gasteiger partial charge is 0.0451 e. The quantitative estimate of drug-likeness (QED) is 0.823. The van der Waals surface area contributed by atoms with E-state index < -0.39 is 0 Å². The molecule has 1 atom stereocenters. The molecule has 1 N–H and O–H groups in total. The highest BCUT2D eigenvalue weighted by atomic mass is 35.5. The van der Waals surface area contributed by atoms with Crippen molar-refractivity contribution in [1.29, 1.82) is 0 Å². The highest BCUT2D eigenvalue weighted by Gasteiger charge is 2.12. The maximum absolute atomic E-state index is 6.15. The zero-order valence-electron chi connectivity index (χ0n) is 10.3. The van der Waals surface area contributed by atoms with Gasteiger partial charge in [0.15, 0.2) is 0 Å². The molecular formula is C13H21ClN2. The summed E-state index contributed by atoms with van der Waals surface area (Å²) in [5.74, 6) is 0. The van der Waals surface area contributed by atoms with Gasteiger partial charge in [0, 0.05) is 24.2 Å². The summed E-state index contributed by atoms with van der Waals surface area (Å²) < 4.78 is 0. The molecule has 1 aromatic carbocycles. The molecule has 0 fully saturated rings. The Labute approximate surface area is 104 Å². The first-order valence-electron chi connectivity index (χ1n) is 5.77.